The second kappa shape index (κ2) is 10.1. The van der Waals surface area contributed by atoms with Gasteiger partial charge in [-0.2, -0.15) is 0 Å². The van der Waals surface area contributed by atoms with Crippen LogP contribution in [0.25, 0.3) is 0 Å². The first-order valence-electron chi connectivity index (χ1n) is 10.6. The van der Waals surface area contributed by atoms with Gasteiger partial charge in [0.15, 0.2) is 0 Å². The highest BCUT2D eigenvalue weighted by atomic mass is 16.5. The van der Waals surface area contributed by atoms with Crippen molar-refractivity contribution in [2.45, 2.75) is 45.3 Å². The number of hydrogen-bond donors (Lipinski definition) is 2. The van der Waals surface area contributed by atoms with E-state index >= 15 is 0 Å². The number of benzene rings is 3. The minimum absolute atomic E-state index is 0.0216. The Hall–Kier alpha value is -3.60. The van der Waals surface area contributed by atoms with Crippen molar-refractivity contribution in [3.05, 3.63) is 101 Å². The van der Waals surface area contributed by atoms with Crippen LogP contribution in [0.1, 0.15) is 47.8 Å². The fourth-order valence-corrected chi connectivity index (χ4v) is 3.30. The Morgan fingerprint density at radius 1 is 0.906 bits per heavy atom. The topological polar surface area (TPSA) is 75.6 Å². The van der Waals surface area contributed by atoms with Gasteiger partial charge in [-0.3, -0.25) is 4.79 Å². The summed E-state index contributed by atoms with van der Waals surface area (Å²) in [5.41, 5.74) is 3.34. The molecule has 0 aliphatic rings. The minimum Gasteiger partial charge on any atom is -0.489 e. The average molecular weight is 432 g/mol. The number of carboxylic acid groups (broad SMARTS) is 1. The van der Waals surface area contributed by atoms with Crippen LogP contribution in [-0.2, 0) is 23.2 Å². The lowest BCUT2D eigenvalue weighted by atomic mass is 9.86. The van der Waals surface area contributed by atoms with Crippen LogP contribution >= 0.6 is 0 Å². The molecular formula is C27H29NO4. The molecule has 0 saturated heterocycles. The van der Waals surface area contributed by atoms with Gasteiger partial charge in [0.1, 0.15) is 18.4 Å². The lowest BCUT2D eigenvalue weighted by molar-refractivity contribution is -0.139. The van der Waals surface area contributed by atoms with E-state index in [1.54, 1.807) is 12.1 Å². The summed E-state index contributed by atoms with van der Waals surface area (Å²) < 4.78 is 5.83. The molecule has 3 aromatic rings. The van der Waals surface area contributed by atoms with E-state index in [-0.39, 0.29) is 11.8 Å². The van der Waals surface area contributed by atoms with Crippen LogP contribution in [-0.4, -0.2) is 23.0 Å². The van der Waals surface area contributed by atoms with Crippen LogP contribution in [0.5, 0.6) is 5.75 Å². The molecule has 3 rings (SSSR count). The van der Waals surface area contributed by atoms with Gasteiger partial charge < -0.3 is 15.2 Å². The summed E-state index contributed by atoms with van der Waals surface area (Å²) in [6.07, 6.45) is 0.156. The Balaban J connectivity index is 1.65. The molecule has 0 aromatic heterocycles. The molecule has 1 amide bonds. The zero-order chi connectivity index (χ0) is 23.1. The van der Waals surface area contributed by atoms with Gasteiger partial charge in [-0.15, -0.1) is 0 Å². The van der Waals surface area contributed by atoms with Crippen molar-refractivity contribution in [3.63, 3.8) is 0 Å². The molecule has 0 aliphatic carbocycles. The highest BCUT2D eigenvalue weighted by Gasteiger charge is 2.22. The average Bonchev–Trinajstić information content (AvgIpc) is 2.77. The molecule has 5 heteroatoms. The lowest BCUT2D eigenvalue weighted by Crippen LogP contribution is -2.42. The van der Waals surface area contributed by atoms with Crippen LogP contribution in [0.2, 0.25) is 0 Å². The van der Waals surface area contributed by atoms with Gasteiger partial charge in [0.05, 0.1) is 0 Å². The van der Waals surface area contributed by atoms with E-state index in [9.17, 15) is 14.7 Å². The molecule has 0 bridgehead atoms. The second-order valence-electron chi connectivity index (χ2n) is 8.82. The summed E-state index contributed by atoms with van der Waals surface area (Å²) in [6.45, 7) is 6.72. The number of ether oxygens (including phenoxy) is 1. The van der Waals surface area contributed by atoms with E-state index in [2.05, 4.69) is 26.1 Å². The quantitative estimate of drug-likeness (QED) is 0.527. The molecule has 3 aromatic carbocycles. The molecular weight excluding hydrogens is 402 g/mol. The SMILES string of the molecule is CC(C)(C)c1ccc(C(=O)N[C@@H](Cc2cccc(OCc3ccccc3)c2)C(=O)O)cc1. The first kappa shape index (κ1) is 23.1. The Morgan fingerprint density at radius 3 is 2.19 bits per heavy atom. The normalized spacial score (nSPS) is 12.1. The fraction of sp³-hybridized carbons (Fsp3) is 0.259. The van der Waals surface area contributed by atoms with Crippen LogP contribution < -0.4 is 10.1 Å². The Morgan fingerprint density at radius 2 is 1.56 bits per heavy atom. The van der Waals surface area contributed by atoms with Crippen molar-refractivity contribution in [2.75, 3.05) is 0 Å². The highest BCUT2D eigenvalue weighted by Crippen LogP contribution is 2.22. The summed E-state index contributed by atoms with van der Waals surface area (Å²) in [5, 5.41) is 12.3. The maximum atomic E-state index is 12.6. The van der Waals surface area contributed by atoms with Gasteiger partial charge >= 0.3 is 5.97 Å². The van der Waals surface area contributed by atoms with Crippen LogP contribution in [0.3, 0.4) is 0 Å². The number of carbonyl (C=O) groups is 2. The van der Waals surface area contributed by atoms with Crippen molar-refractivity contribution in [3.8, 4) is 5.75 Å². The smallest absolute Gasteiger partial charge is 0.326 e. The lowest BCUT2D eigenvalue weighted by Gasteiger charge is -2.19. The van der Waals surface area contributed by atoms with E-state index in [4.69, 9.17) is 4.74 Å². The van der Waals surface area contributed by atoms with Crippen molar-refractivity contribution in [1.82, 2.24) is 5.32 Å². The van der Waals surface area contributed by atoms with E-state index in [1.807, 2.05) is 66.7 Å². The van der Waals surface area contributed by atoms with Gasteiger partial charge in [-0.1, -0.05) is 75.4 Å². The third kappa shape index (κ3) is 6.45. The van der Waals surface area contributed by atoms with Gasteiger partial charge in [-0.05, 0) is 46.4 Å². The van der Waals surface area contributed by atoms with Gasteiger partial charge in [0, 0.05) is 12.0 Å². The molecule has 1 atom stereocenters. The van der Waals surface area contributed by atoms with Gasteiger partial charge in [0.2, 0.25) is 0 Å². The Bertz CT molecular complexity index is 1050. The molecule has 0 radical (unpaired) electrons. The number of rotatable bonds is 8. The van der Waals surface area contributed by atoms with Gasteiger partial charge in [-0.25, -0.2) is 4.79 Å². The predicted molar refractivity (Wildman–Crippen MR) is 125 cm³/mol. The van der Waals surface area contributed by atoms with Crippen molar-refractivity contribution in [1.29, 1.82) is 0 Å². The molecule has 0 saturated carbocycles. The van der Waals surface area contributed by atoms with Crippen molar-refractivity contribution < 1.29 is 19.4 Å². The molecule has 5 nitrogen and oxygen atoms in total. The predicted octanol–water partition coefficient (Wildman–Crippen LogP) is 4.99. The van der Waals surface area contributed by atoms with Crippen molar-refractivity contribution in [2.24, 2.45) is 0 Å². The van der Waals surface area contributed by atoms with Crippen molar-refractivity contribution >= 4 is 11.9 Å². The van der Waals surface area contributed by atoms with E-state index in [0.29, 0.717) is 17.9 Å². The Kier molecular flexibility index (Phi) is 7.31. The number of aliphatic carboxylic acids is 1. The molecule has 0 fully saturated rings. The second-order valence-corrected chi connectivity index (χ2v) is 8.82. The number of hydrogen-bond acceptors (Lipinski definition) is 3. The first-order valence-corrected chi connectivity index (χ1v) is 10.6. The first-order chi connectivity index (χ1) is 15.2. The molecule has 0 unspecified atom stereocenters. The highest BCUT2D eigenvalue weighted by molar-refractivity contribution is 5.96. The maximum absolute atomic E-state index is 12.6. The summed E-state index contributed by atoms with van der Waals surface area (Å²) in [4.78, 5) is 24.4. The largest absolute Gasteiger partial charge is 0.489 e. The molecule has 32 heavy (non-hydrogen) atoms. The summed E-state index contributed by atoms with van der Waals surface area (Å²) in [6, 6.07) is 23.3. The molecule has 0 spiro atoms. The number of carboxylic acids is 1. The minimum atomic E-state index is -1.08. The van der Waals surface area contributed by atoms with Crippen LogP contribution in [0.4, 0.5) is 0 Å². The molecule has 0 aliphatic heterocycles. The van der Waals surface area contributed by atoms with Crippen LogP contribution in [0.15, 0.2) is 78.9 Å². The zero-order valence-corrected chi connectivity index (χ0v) is 18.7. The molecule has 0 heterocycles. The van der Waals surface area contributed by atoms with Gasteiger partial charge in [0.25, 0.3) is 5.91 Å². The summed E-state index contributed by atoms with van der Waals surface area (Å²) >= 11 is 0. The van der Waals surface area contributed by atoms with E-state index in [1.165, 1.54) is 0 Å². The fourth-order valence-electron chi connectivity index (χ4n) is 3.30. The van der Waals surface area contributed by atoms with E-state index in [0.717, 1.165) is 16.7 Å². The standard InChI is InChI=1S/C27H29NO4/c1-27(2,3)22-14-12-21(13-15-22)25(29)28-24(26(30)31)17-20-10-7-11-23(16-20)32-18-19-8-5-4-6-9-19/h4-16,24H,17-18H2,1-3H3,(H,28,29)(H,30,31)/t24-/m0/s1. The van der Waals surface area contributed by atoms with E-state index < -0.39 is 17.9 Å². The third-order valence-electron chi connectivity index (χ3n) is 5.20. The maximum Gasteiger partial charge on any atom is 0.326 e. The zero-order valence-electron chi connectivity index (χ0n) is 18.7. The number of amides is 1. The molecule has 2 N–H and O–H groups in total. The summed E-state index contributed by atoms with van der Waals surface area (Å²) in [7, 11) is 0. The summed E-state index contributed by atoms with van der Waals surface area (Å²) in [5.74, 6) is -0.839. The number of nitrogens with one attached hydrogen (secondary N) is 1. The number of carbonyl (C=O) groups excluding carboxylic acids is 1. The van der Waals surface area contributed by atoms with Crippen LogP contribution in [0, 0.1) is 0 Å². The third-order valence-corrected chi connectivity index (χ3v) is 5.20. The Labute approximate surface area is 189 Å². The monoisotopic (exact) mass is 431 g/mol. The molecule has 166 valence electrons.